The summed E-state index contributed by atoms with van der Waals surface area (Å²) in [4.78, 5) is 19.1. The fourth-order valence-electron chi connectivity index (χ4n) is 4.01. The van der Waals surface area contributed by atoms with Crippen molar-refractivity contribution in [1.82, 2.24) is 9.80 Å². The molecule has 1 amide bonds. The third-order valence-corrected chi connectivity index (χ3v) is 5.75. The lowest BCUT2D eigenvalue weighted by atomic mass is 9.93. The Balaban J connectivity index is 1.34. The van der Waals surface area contributed by atoms with Crippen molar-refractivity contribution in [1.29, 1.82) is 0 Å². The molecule has 2 aliphatic rings. The van der Waals surface area contributed by atoms with Gasteiger partial charge in [0.15, 0.2) is 0 Å². The zero-order chi connectivity index (χ0) is 20.1. The average Bonchev–Trinajstić information content (AvgIpc) is 2.66. The van der Waals surface area contributed by atoms with Gasteiger partial charge in [0.2, 0.25) is 0 Å². The molecule has 0 aromatic heterocycles. The predicted molar refractivity (Wildman–Crippen MR) is 115 cm³/mol. The highest BCUT2D eigenvalue weighted by molar-refractivity contribution is 5.68. The highest BCUT2D eigenvalue weighted by Gasteiger charge is 2.27. The standard InChI is InChI=1S/C22H36N4O2/c1-22(2,3)28-21(27)26-12-9-18(10-13-26)8-11-24-14-16-25(17-15-24)20-6-4-19(23)5-7-20/h4-7,18H,8-17,23H2,1-3H3. The summed E-state index contributed by atoms with van der Waals surface area (Å²) in [6.45, 7) is 12.9. The molecule has 2 aliphatic heterocycles. The number of carbonyl (C=O) groups is 1. The first-order chi connectivity index (χ1) is 13.3. The van der Waals surface area contributed by atoms with E-state index in [1.165, 1.54) is 12.1 Å². The number of likely N-dealkylation sites (tertiary alicyclic amines) is 1. The Morgan fingerprint density at radius 1 is 1.04 bits per heavy atom. The number of piperidine rings is 1. The number of nitrogen functional groups attached to an aromatic ring is 1. The third-order valence-electron chi connectivity index (χ3n) is 5.75. The number of amides is 1. The Labute approximate surface area is 169 Å². The minimum absolute atomic E-state index is 0.162. The molecule has 2 heterocycles. The van der Waals surface area contributed by atoms with Gasteiger partial charge < -0.3 is 20.3 Å². The fraction of sp³-hybridized carbons (Fsp3) is 0.682. The van der Waals surface area contributed by atoms with Crippen LogP contribution in [0.15, 0.2) is 24.3 Å². The largest absolute Gasteiger partial charge is 0.444 e. The molecule has 0 aliphatic carbocycles. The quantitative estimate of drug-likeness (QED) is 0.801. The zero-order valence-electron chi connectivity index (χ0n) is 17.7. The van der Waals surface area contributed by atoms with Crippen molar-refractivity contribution in [3.63, 3.8) is 0 Å². The third kappa shape index (κ3) is 6.03. The second kappa shape index (κ2) is 9.03. The maximum Gasteiger partial charge on any atom is 0.410 e. The van der Waals surface area contributed by atoms with Crippen LogP contribution in [0.3, 0.4) is 0 Å². The molecule has 156 valence electrons. The van der Waals surface area contributed by atoms with Gasteiger partial charge in [-0.25, -0.2) is 4.79 Å². The van der Waals surface area contributed by atoms with Crippen molar-refractivity contribution < 1.29 is 9.53 Å². The lowest BCUT2D eigenvalue weighted by Crippen LogP contribution is -2.47. The second-order valence-corrected chi connectivity index (χ2v) is 9.12. The molecule has 0 unspecified atom stereocenters. The Kier molecular flexibility index (Phi) is 6.70. The van der Waals surface area contributed by atoms with Gasteiger partial charge in [0.25, 0.3) is 0 Å². The first kappa shape index (κ1) is 20.8. The number of ether oxygens (including phenoxy) is 1. The van der Waals surface area contributed by atoms with Gasteiger partial charge in [-0.05, 0) is 76.8 Å². The van der Waals surface area contributed by atoms with Crippen molar-refractivity contribution in [2.45, 2.75) is 45.6 Å². The maximum atomic E-state index is 12.2. The Morgan fingerprint density at radius 2 is 1.64 bits per heavy atom. The minimum atomic E-state index is -0.414. The van der Waals surface area contributed by atoms with Crippen LogP contribution in [0.2, 0.25) is 0 Å². The van der Waals surface area contributed by atoms with Crippen molar-refractivity contribution in [3.05, 3.63) is 24.3 Å². The van der Waals surface area contributed by atoms with Crippen LogP contribution in [0.25, 0.3) is 0 Å². The topological polar surface area (TPSA) is 62.0 Å². The highest BCUT2D eigenvalue weighted by Crippen LogP contribution is 2.23. The zero-order valence-corrected chi connectivity index (χ0v) is 17.7. The van der Waals surface area contributed by atoms with Crippen LogP contribution in [-0.4, -0.2) is 67.3 Å². The summed E-state index contributed by atoms with van der Waals surface area (Å²) in [5.74, 6) is 0.716. The molecule has 1 aromatic carbocycles. The van der Waals surface area contributed by atoms with Gasteiger partial charge >= 0.3 is 6.09 Å². The van der Waals surface area contributed by atoms with E-state index in [-0.39, 0.29) is 6.09 Å². The minimum Gasteiger partial charge on any atom is -0.444 e. The molecule has 28 heavy (non-hydrogen) atoms. The van der Waals surface area contributed by atoms with E-state index < -0.39 is 5.60 Å². The van der Waals surface area contributed by atoms with Crippen molar-refractivity contribution in [3.8, 4) is 0 Å². The molecule has 0 bridgehead atoms. The van der Waals surface area contributed by atoms with E-state index >= 15 is 0 Å². The predicted octanol–water partition coefficient (Wildman–Crippen LogP) is 3.43. The van der Waals surface area contributed by atoms with E-state index in [4.69, 9.17) is 10.5 Å². The SMILES string of the molecule is CC(C)(C)OC(=O)N1CCC(CCN2CCN(c3ccc(N)cc3)CC2)CC1. The molecule has 0 atom stereocenters. The molecule has 2 fully saturated rings. The number of hydrogen-bond acceptors (Lipinski definition) is 5. The lowest BCUT2D eigenvalue weighted by Gasteiger charge is -2.38. The fourth-order valence-corrected chi connectivity index (χ4v) is 4.01. The number of nitrogens with zero attached hydrogens (tertiary/aromatic N) is 3. The summed E-state index contributed by atoms with van der Waals surface area (Å²) in [6, 6.07) is 8.18. The maximum absolute atomic E-state index is 12.2. The molecule has 0 saturated carbocycles. The molecule has 6 nitrogen and oxygen atoms in total. The summed E-state index contributed by atoms with van der Waals surface area (Å²) >= 11 is 0. The van der Waals surface area contributed by atoms with E-state index in [9.17, 15) is 4.79 Å². The summed E-state index contributed by atoms with van der Waals surface area (Å²) in [7, 11) is 0. The summed E-state index contributed by atoms with van der Waals surface area (Å²) in [5, 5.41) is 0. The van der Waals surface area contributed by atoms with Crippen LogP contribution in [-0.2, 0) is 4.74 Å². The van der Waals surface area contributed by atoms with Crippen LogP contribution in [0.4, 0.5) is 16.2 Å². The Bertz CT molecular complexity index is 625. The molecule has 6 heteroatoms. The highest BCUT2D eigenvalue weighted by atomic mass is 16.6. The summed E-state index contributed by atoms with van der Waals surface area (Å²) < 4.78 is 5.49. The molecular formula is C22H36N4O2. The summed E-state index contributed by atoms with van der Waals surface area (Å²) in [5.41, 5.74) is 7.46. The molecule has 0 radical (unpaired) electrons. The molecule has 3 rings (SSSR count). The van der Waals surface area contributed by atoms with E-state index in [1.54, 1.807) is 0 Å². The van der Waals surface area contributed by atoms with Gasteiger partial charge in [-0.1, -0.05) is 0 Å². The molecular weight excluding hydrogens is 352 g/mol. The van der Waals surface area contributed by atoms with Crippen molar-refractivity contribution in [2.24, 2.45) is 5.92 Å². The molecule has 1 aromatic rings. The van der Waals surface area contributed by atoms with E-state index in [1.807, 2.05) is 37.8 Å². The van der Waals surface area contributed by atoms with E-state index in [0.717, 1.165) is 64.3 Å². The van der Waals surface area contributed by atoms with Gasteiger partial charge in [-0.15, -0.1) is 0 Å². The van der Waals surface area contributed by atoms with Gasteiger partial charge in [-0.3, -0.25) is 4.90 Å². The van der Waals surface area contributed by atoms with Crippen LogP contribution >= 0.6 is 0 Å². The number of carbonyl (C=O) groups excluding carboxylic acids is 1. The van der Waals surface area contributed by atoms with Gasteiger partial charge in [0.1, 0.15) is 5.60 Å². The monoisotopic (exact) mass is 388 g/mol. The van der Waals surface area contributed by atoms with Gasteiger partial charge in [-0.2, -0.15) is 0 Å². The van der Waals surface area contributed by atoms with Crippen LogP contribution in [0.5, 0.6) is 0 Å². The Morgan fingerprint density at radius 3 is 2.21 bits per heavy atom. The average molecular weight is 389 g/mol. The van der Waals surface area contributed by atoms with E-state index in [0.29, 0.717) is 5.92 Å². The van der Waals surface area contributed by atoms with Gasteiger partial charge in [0, 0.05) is 50.6 Å². The number of anilines is 2. The van der Waals surface area contributed by atoms with Crippen LogP contribution in [0, 0.1) is 5.92 Å². The lowest BCUT2D eigenvalue weighted by molar-refractivity contribution is 0.0177. The van der Waals surface area contributed by atoms with Crippen LogP contribution < -0.4 is 10.6 Å². The first-order valence-corrected chi connectivity index (χ1v) is 10.6. The van der Waals surface area contributed by atoms with E-state index in [2.05, 4.69) is 21.9 Å². The van der Waals surface area contributed by atoms with Gasteiger partial charge in [0.05, 0.1) is 0 Å². The number of piperazine rings is 1. The molecule has 0 spiro atoms. The van der Waals surface area contributed by atoms with Crippen LogP contribution in [0.1, 0.15) is 40.0 Å². The Hall–Kier alpha value is -1.95. The molecule has 2 N–H and O–H groups in total. The first-order valence-electron chi connectivity index (χ1n) is 10.6. The number of benzene rings is 1. The number of rotatable bonds is 4. The number of hydrogen-bond donors (Lipinski definition) is 1. The smallest absolute Gasteiger partial charge is 0.410 e. The second-order valence-electron chi connectivity index (χ2n) is 9.12. The van der Waals surface area contributed by atoms with Crippen molar-refractivity contribution >= 4 is 17.5 Å². The molecule has 2 saturated heterocycles. The normalized spacial score (nSPS) is 19.7. The summed E-state index contributed by atoms with van der Waals surface area (Å²) in [6.07, 6.45) is 3.24. The van der Waals surface area contributed by atoms with Crippen molar-refractivity contribution in [2.75, 3.05) is 56.4 Å². The number of nitrogens with two attached hydrogens (primary N) is 1.